The summed E-state index contributed by atoms with van der Waals surface area (Å²) in [6, 6.07) is 14.3. The highest BCUT2D eigenvalue weighted by Gasteiger charge is 2.42. The zero-order valence-corrected chi connectivity index (χ0v) is 17.6. The highest BCUT2D eigenvalue weighted by molar-refractivity contribution is 8.93. The van der Waals surface area contributed by atoms with E-state index in [9.17, 15) is 15.0 Å². The normalized spacial score (nSPS) is 27.2. The van der Waals surface area contributed by atoms with Crippen LogP contribution < -0.4 is 9.84 Å². The predicted molar refractivity (Wildman–Crippen MR) is 110 cm³/mol. The average molecular weight is 448 g/mol. The Morgan fingerprint density at radius 1 is 1.04 bits per heavy atom. The van der Waals surface area contributed by atoms with Crippen LogP contribution in [0.15, 0.2) is 48.5 Å². The van der Waals surface area contributed by atoms with Crippen molar-refractivity contribution in [1.82, 2.24) is 0 Å². The summed E-state index contributed by atoms with van der Waals surface area (Å²) in [5.74, 6) is -0.0508. The first-order valence-electron chi connectivity index (χ1n) is 9.55. The van der Waals surface area contributed by atoms with E-state index in [0.717, 1.165) is 11.0 Å². The molecule has 0 aromatic heterocycles. The summed E-state index contributed by atoms with van der Waals surface area (Å²) < 4.78 is 6.79. The molecule has 2 bridgehead atoms. The van der Waals surface area contributed by atoms with Crippen LogP contribution in [0.2, 0.25) is 0 Å². The number of likely N-dealkylation sites (N-methyl/N-ethyl adjacent to an activating group) is 1. The monoisotopic (exact) mass is 447 g/mol. The van der Waals surface area contributed by atoms with Crippen LogP contribution in [0, 0.1) is 5.92 Å². The lowest BCUT2D eigenvalue weighted by Crippen LogP contribution is -2.61. The number of nitrogens with zero attached hydrogens (tertiary/aromatic N) is 1. The van der Waals surface area contributed by atoms with E-state index in [0.29, 0.717) is 28.5 Å². The molecule has 3 saturated heterocycles. The minimum Gasteiger partial charge on any atom is -0.549 e. The molecule has 0 radical (unpaired) electrons. The molecular formula is C22H26BrNO4. The fourth-order valence-corrected chi connectivity index (χ4v) is 4.54. The first-order chi connectivity index (χ1) is 13.0. The van der Waals surface area contributed by atoms with Gasteiger partial charge in [-0.3, -0.25) is 0 Å². The van der Waals surface area contributed by atoms with Crippen molar-refractivity contribution < 1.29 is 24.2 Å². The SMILES string of the molecule is Br.C[N+]12CCC(CC1)C(O)C2.O=C([O-])C1c2ccccc2Oc2ccccc21. The van der Waals surface area contributed by atoms with Gasteiger partial charge in [0.1, 0.15) is 24.1 Å². The number of carboxylic acid groups (broad SMARTS) is 1. The quantitative estimate of drug-likeness (QED) is 0.681. The highest BCUT2D eigenvalue weighted by atomic mass is 79.9. The second-order valence-electron chi connectivity index (χ2n) is 8.08. The molecule has 1 unspecified atom stereocenters. The van der Waals surface area contributed by atoms with Gasteiger partial charge in [0.15, 0.2) is 0 Å². The third-order valence-electron chi connectivity index (χ3n) is 6.17. The lowest BCUT2D eigenvalue weighted by atomic mass is 9.84. The number of piperidine rings is 3. The van der Waals surface area contributed by atoms with Gasteiger partial charge in [-0.05, 0) is 12.1 Å². The Labute approximate surface area is 175 Å². The molecule has 6 rings (SSSR count). The van der Waals surface area contributed by atoms with E-state index < -0.39 is 11.9 Å². The highest BCUT2D eigenvalue weighted by Crippen LogP contribution is 2.43. The molecule has 0 aliphatic carbocycles. The molecule has 4 aliphatic heterocycles. The number of fused-ring (bicyclic) bond motifs is 5. The summed E-state index contributed by atoms with van der Waals surface area (Å²) in [5.41, 5.74) is 1.29. The largest absolute Gasteiger partial charge is 0.549 e. The predicted octanol–water partition coefficient (Wildman–Crippen LogP) is 2.47. The van der Waals surface area contributed by atoms with E-state index in [2.05, 4.69) is 7.05 Å². The van der Waals surface area contributed by atoms with Crippen LogP contribution in [0.3, 0.4) is 0 Å². The third kappa shape index (κ3) is 3.95. The van der Waals surface area contributed by atoms with E-state index in [4.69, 9.17) is 4.74 Å². The first-order valence-corrected chi connectivity index (χ1v) is 9.55. The number of ether oxygens (including phenoxy) is 1. The zero-order valence-electron chi connectivity index (χ0n) is 15.9. The first kappa shape index (κ1) is 20.8. The van der Waals surface area contributed by atoms with Crippen molar-refractivity contribution in [1.29, 1.82) is 0 Å². The van der Waals surface area contributed by atoms with E-state index in [1.165, 1.54) is 25.9 Å². The van der Waals surface area contributed by atoms with Gasteiger partial charge in [-0.2, -0.15) is 0 Å². The Balaban J connectivity index is 0.000000175. The topological polar surface area (TPSA) is 69.6 Å². The minimum atomic E-state index is -1.10. The van der Waals surface area contributed by atoms with Crippen molar-refractivity contribution in [2.45, 2.75) is 24.9 Å². The molecule has 5 nitrogen and oxygen atoms in total. The van der Waals surface area contributed by atoms with Crippen LogP contribution in [-0.4, -0.2) is 48.3 Å². The maximum atomic E-state index is 11.3. The summed E-state index contributed by atoms with van der Waals surface area (Å²) in [6.07, 6.45) is 2.50. The summed E-state index contributed by atoms with van der Waals surface area (Å²) in [7, 11) is 2.26. The maximum Gasteiger partial charge on any atom is 0.131 e. The van der Waals surface area contributed by atoms with Gasteiger partial charge in [0.25, 0.3) is 0 Å². The van der Waals surface area contributed by atoms with Gasteiger partial charge >= 0.3 is 0 Å². The van der Waals surface area contributed by atoms with E-state index in [1.54, 1.807) is 36.4 Å². The number of para-hydroxylation sites is 2. The Morgan fingerprint density at radius 2 is 1.54 bits per heavy atom. The molecule has 0 amide bonds. The van der Waals surface area contributed by atoms with E-state index in [1.807, 2.05) is 12.1 Å². The van der Waals surface area contributed by atoms with Crippen LogP contribution in [0.25, 0.3) is 0 Å². The van der Waals surface area contributed by atoms with Crippen molar-refractivity contribution in [3.8, 4) is 11.5 Å². The molecule has 0 saturated carbocycles. The summed E-state index contributed by atoms with van der Waals surface area (Å²) in [5, 5.41) is 20.9. The molecular weight excluding hydrogens is 422 g/mol. The van der Waals surface area contributed by atoms with E-state index in [-0.39, 0.29) is 23.1 Å². The van der Waals surface area contributed by atoms with Gasteiger partial charge in [-0.25, -0.2) is 0 Å². The van der Waals surface area contributed by atoms with Gasteiger partial charge in [0, 0.05) is 29.9 Å². The van der Waals surface area contributed by atoms with Gasteiger partial charge < -0.3 is 24.2 Å². The number of aliphatic carboxylic acids is 1. The maximum absolute atomic E-state index is 11.3. The molecule has 150 valence electrons. The van der Waals surface area contributed by atoms with Crippen molar-refractivity contribution in [3.63, 3.8) is 0 Å². The van der Waals surface area contributed by atoms with Crippen LogP contribution >= 0.6 is 17.0 Å². The summed E-state index contributed by atoms with van der Waals surface area (Å²) >= 11 is 0. The number of aliphatic hydroxyl groups excluding tert-OH is 1. The Kier molecular flexibility index (Phi) is 6.12. The molecule has 0 spiro atoms. The number of aliphatic hydroxyl groups is 1. The molecule has 6 heteroatoms. The van der Waals surface area contributed by atoms with Gasteiger partial charge in [-0.1, -0.05) is 36.4 Å². The van der Waals surface area contributed by atoms with E-state index >= 15 is 0 Å². The molecule has 2 aromatic rings. The van der Waals surface area contributed by atoms with Crippen molar-refractivity contribution >= 4 is 23.0 Å². The number of quaternary nitrogens is 1. The van der Waals surface area contributed by atoms with Crippen LogP contribution in [0.5, 0.6) is 11.5 Å². The van der Waals surface area contributed by atoms with Crippen molar-refractivity contribution in [2.24, 2.45) is 5.92 Å². The standard InChI is InChI=1S/C14H10O3.C8H16NO.BrH/c15-14(16)13-9-5-1-3-7-11(9)17-12-8-4-2-6-10(12)13;1-9-4-2-7(3-5-9)8(10)6-9;/h1-8,13H,(H,15,16);7-8,10H,2-6H2,1H3;1H/q;+1;/p-1. The van der Waals surface area contributed by atoms with Crippen LogP contribution in [0.4, 0.5) is 0 Å². The number of carbonyl (C=O) groups is 1. The zero-order chi connectivity index (χ0) is 19.0. The number of hydrogen-bond donors (Lipinski definition) is 1. The number of hydrogen-bond acceptors (Lipinski definition) is 4. The van der Waals surface area contributed by atoms with Crippen LogP contribution in [-0.2, 0) is 4.79 Å². The Bertz CT molecular complexity index is 802. The number of carboxylic acids is 1. The molecule has 1 atom stereocenters. The second-order valence-corrected chi connectivity index (χ2v) is 8.08. The number of rotatable bonds is 1. The lowest BCUT2D eigenvalue weighted by molar-refractivity contribution is -0.928. The van der Waals surface area contributed by atoms with Crippen LogP contribution in [0.1, 0.15) is 29.9 Å². The fraction of sp³-hybridized carbons (Fsp3) is 0.409. The summed E-state index contributed by atoms with van der Waals surface area (Å²) in [4.78, 5) is 11.3. The Hall–Kier alpha value is -1.89. The second kappa shape index (κ2) is 8.23. The molecule has 4 aliphatic rings. The molecule has 4 heterocycles. The number of carbonyl (C=O) groups excluding carboxylic acids is 1. The lowest BCUT2D eigenvalue weighted by Gasteiger charge is -2.48. The number of halogens is 1. The third-order valence-corrected chi connectivity index (χ3v) is 6.17. The molecule has 3 fully saturated rings. The van der Waals surface area contributed by atoms with Gasteiger partial charge in [0.05, 0.1) is 32.0 Å². The van der Waals surface area contributed by atoms with Gasteiger partial charge in [-0.15, -0.1) is 17.0 Å². The Morgan fingerprint density at radius 3 is 1.93 bits per heavy atom. The summed E-state index contributed by atoms with van der Waals surface area (Å²) in [6.45, 7) is 3.59. The van der Waals surface area contributed by atoms with Crippen molar-refractivity contribution in [2.75, 3.05) is 26.7 Å². The smallest absolute Gasteiger partial charge is 0.131 e. The average Bonchev–Trinajstić information content (AvgIpc) is 2.66. The molecule has 28 heavy (non-hydrogen) atoms. The minimum absolute atomic E-state index is 0. The number of benzene rings is 2. The van der Waals surface area contributed by atoms with Gasteiger partial charge in [0.2, 0.25) is 0 Å². The molecule has 2 aromatic carbocycles. The fourth-order valence-electron chi connectivity index (χ4n) is 4.54. The van der Waals surface area contributed by atoms with Crippen molar-refractivity contribution in [3.05, 3.63) is 59.7 Å². The molecule has 1 N–H and O–H groups in total.